The Kier molecular flexibility index (Phi) is 7.91. The van der Waals surface area contributed by atoms with Crippen LogP contribution < -0.4 is 0 Å². The zero-order valence-corrected chi connectivity index (χ0v) is 13.9. The average molecular weight is 328 g/mol. The number of rotatable bonds is 8. The van der Waals surface area contributed by atoms with Gasteiger partial charge in [0.2, 0.25) is 5.91 Å². The van der Waals surface area contributed by atoms with Crippen LogP contribution in [0.2, 0.25) is 5.02 Å². The number of halogens is 1. The van der Waals surface area contributed by atoms with Crippen molar-refractivity contribution in [3.05, 3.63) is 34.9 Å². The molecule has 0 aliphatic rings. The van der Waals surface area contributed by atoms with E-state index in [4.69, 9.17) is 21.1 Å². The molecule has 5 nitrogen and oxygen atoms in total. The van der Waals surface area contributed by atoms with Crippen LogP contribution >= 0.6 is 11.6 Å². The van der Waals surface area contributed by atoms with Crippen molar-refractivity contribution in [1.82, 2.24) is 4.90 Å². The Morgan fingerprint density at radius 3 is 2.41 bits per heavy atom. The van der Waals surface area contributed by atoms with E-state index in [2.05, 4.69) is 0 Å². The summed E-state index contributed by atoms with van der Waals surface area (Å²) >= 11 is 5.84. The Labute approximate surface area is 136 Å². The number of ether oxygens (including phenoxy) is 2. The normalized spacial score (nSPS) is 11.8. The topological polar surface area (TPSA) is 55.8 Å². The highest BCUT2D eigenvalue weighted by atomic mass is 35.5. The number of carbonyl (C=O) groups excluding carboxylic acids is 2. The molecule has 0 aliphatic heterocycles. The van der Waals surface area contributed by atoms with Crippen LogP contribution in [0, 0.1) is 5.92 Å². The fourth-order valence-corrected chi connectivity index (χ4v) is 2.14. The maximum Gasteiger partial charge on any atom is 0.310 e. The van der Waals surface area contributed by atoms with Crippen molar-refractivity contribution < 1.29 is 19.1 Å². The second-order valence-corrected chi connectivity index (χ2v) is 5.50. The summed E-state index contributed by atoms with van der Waals surface area (Å²) in [5, 5.41) is 0.631. The van der Waals surface area contributed by atoms with Gasteiger partial charge in [0, 0.05) is 25.2 Å². The third-order valence-electron chi connectivity index (χ3n) is 3.28. The van der Waals surface area contributed by atoms with E-state index in [-0.39, 0.29) is 24.2 Å². The van der Waals surface area contributed by atoms with Crippen LogP contribution in [0.25, 0.3) is 0 Å². The number of hydrogen-bond donors (Lipinski definition) is 0. The van der Waals surface area contributed by atoms with Gasteiger partial charge in [-0.25, -0.2) is 0 Å². The number of methoxy groups -OCH3 is 2. The second kappa shape index (κ2) is 9.43. The maximum absolute atomic E-state index is 12.4. The summed E-state index contributed by atoms with van der Waals surface area (Å²) in [5.41, 5.74) is 0.877. The minimum atomic E-state index is -0.379. The first-order valence-corrected chi connectivity index (χ1v) is 7.44. The standard InChI is InChI=1S/C16H22ClNO4/c1-12(16(20)22-3)11-18(8-9-21-2)15(19)10-13-4-6-14(17)7-5-13/h4-7,12H,8-11H2,1-3H3. The van der Waals surface area contributed by atoms with Crippen molar-refractivity contribution in [1.29, 1.82) is 0 Å². The molecule has 1 aromatic carbocycles. The molecule has 0 radical (unpaired) electrons. The lowest BCUT2D eigenvalue weighted by molar-refractivity contribution is -0.146. The first-order valence-electron chi connectivity index (χ1n) is 7.07. The largest absolute Gasteiger partial charge is 0.469 e. The molecule has 0 aliphatic carbocycles. The lowest BCUT2D eigenvalue weighted by Gasteiger charge is -2.25. The summed E-state index contributed by atoms with van der Waals surface area (Å²) in [6, 6.07) is 7.14. The monoisotopic (exact) mass is 327 g/mol. The van der Waals surface area contributed by atoms with Gasteiger partial charge < -0.3 is 14.4 Å². The van der Waals surface area contributed by atoms with Crippen molar-refractivity contribution in [2.45, 2.75) is 13.3 Å². The molecule has 0 heterocycles. The van der Waals surface area contributed by atoms with Crippen LogP contribution in [0.4, 0.5) is 0 Å². The Hall–Kier alpha value is -1.59. The van der Waals surface area contributed by atoms with Gasteiger partial charge in [-0.15, -0.1) is 0 Å². The van der Waals surface area contributed by atoms with Gasteiger partial charge in [0.25, 0.3) is 0 Å². The molecule has 122 valence electrons. The average Bonchev–Trinajstić information content (AvgIpc) is 2.52. The Bertz CT molecular complexity index is 489. The molecule has 0 N–H and O–H groups in total. The molecule has 1 amide bonds. The zero-order valence-electron chi connectivity index (χ0n) is 13.2. The highest BCUT2D eigenvalue weighted by molar-refractivity contribution is 6.30. The van der Waals surface area contributed by atoms with Crippen LogP contribution in [0.1, 0.15) is 12.5 Å². The summed E-state index contributed by atoms with van der Waals surface area (Å²) in [5.74, 6) is -0.771. The van der Waals surface area contributed by atoms with Gasteiger partial charge in [-0.3, -0.25) is 9.59 Å². The third-order valence-corrected chi connectivity index (χ3v) is 3.54. The van der Waals surface area contributed by atoms with Crippen LogP contribution in [0.15, 0.2) is 24.3 Å². The molecule has 1 atom stereocenters. The Morgan fingerprint density at radius 2 is 1.86 bits per heavy atom. The van der Waals surface area contributed by atoms with Crippen molar-refractivity contribution in [2.24, 2.45) is 5.92 Å². The van der Waals surface area contributed by atoms with Crippen molar-refractivity contribution in [2.75, 3.05) is 33.9 Å². The van der Waals surface area contributed by atoms with Gasteiger partial charge in [-0.2, -0.15) is 0 Å². The Balaban J connectivity index is 2.70. The van der Waals surface area contributed by atoms with Gasteiger partial charge in [0.15, 0.2) is 0 Å². The lowest BCUT2D eigenvalue weighted by Crippen LogP contribution is -2.40. The van der Waals surface area contributed by atoms with E-state index in [1.165, 1.54) is 7.11 Å². The first kappa shape index (κ1) is 18.5. The number of nitrogens with zero attached hydrogens (tertiary/aromatic N) is 1. The van der Waals surface area contributed by atoms with Crippen LogP contribution in [0.5, 0.6) is 0 Å². The van der Waals surface area contributed by atoms with E-state index in [9.17, 15) is 9.59 Å². The molecule has 0 bridgehead atoms. The molecular weight excluding hydrogens is 306 g/mol. The summed E-state index contributed by atoms with van der Waals surface area (Å²) in [4.78, 5) is 25.6. The van der Waals surface area contributed by atoms with Crippen LogP contribution in [-0.4, -0.2) is 50.7 Å². The molecule has 6 heteroatoms. The molecule has 22 heavy (non-hydrogen) atoms. The first-order chi connectivity index (χ1) is 10.5. The molecule has 1 aromatic rings. The quantitative estimate of drug-likeness (QED) is 0.687. The molecule has 0 spiro atoms. The van der Waals surface area contributed by atoms with Crippen molar-refractivity contribution in [3.63, 3.8) is 0 Å². The minimum absolute atomic E-state index is 0.0601. The number of carbonyl (C=O) groups is 2. The SMILES string of the molecule is COCCN(CC(C)C(=O)OC)C(=O)Cc1ccc(Cl)cc1. The van der Waals surface area contributed by atoms with Crippen LogP contribution in [-0.2, 0) is 25.5 Å². The zero-order chi connectivity index (χ0) is 16.5. The summed E-state index contributed by atoms with van der Waals surface area (Å²) in [6.07, 6.45) is 0.259. The van der Waals surface area contributed by atoms with Gasteiger partial charge in [-0.05, 0) is 17.7 Å². The molecule has 0 aromatic heterocycles. The Morgan fingerprint density at radius 1 is 1.23 bits per heavy atom. The van der Waals surface area contributed by atoms with E-state index < -0.39 is 0 Å². The van der Waals surface area contributed by atoms with Gasteiger partial charge in [-0.1, -0.05) is 30.7 Å². The van der Waals surface area contributed by atoms with E-state index in [1.807, 2.05) is 12.1 Å². The van der Waals surface area contributed by atoms with Crippen molar-refractivity contribution >= 4 is 23.5 Å². The van der Waals surface area contributed by atoms with Crippen molar-refractivity contribution in [3.8, 4) is 0 Å². The minimum Gasteiger partial charge on any atom is -0.469 e. The lowest BCUT2D eigenvalue weighted by atomic mass is 10.1. The van der Waals surface area contributed by atoms with Gasteiger partial charge in [0.1, 0.15) is 0 Å². The fourth-order valence-electron chi connectivity index (χ4n) is 2.01. The molecule has 1 unspecified atom stereocenters. The summed E-state index contributed by atoms with van der Waals surface area (Å²) in [6.45, 7) is 2.90. The summed E-state index contributed by atoms with van der Waals surface area (Å²) in [7, 11) is 2.92. The number of amides is 1. The predicted octanol–water partition coefficient (Wildman–Crippen LogP) is 2.17. The molecule has 0 saturated carbocycles. The highest BCUT2D eigenvalue weighted by Crippen LogP contribution is 2.12. The van der Waals surface area contributed by atoms with E-state index in [0.717, 1.165) is 5.56 Å². The van der Waals surface area contributed by atoms with E-state index in [0.29, 0.717) is 24.7 Å². The number of hydrogen-bond acceptors (Lipinski definition) is 4. The number of benzene rings is 1. The second-order valence-electron chi connectivity index (χ2n) is 5.06. The number of esters is 1. The van der Waals surface area contributed by atoms with Crippen LogP contribution in [0.3, 0.4) is 0 Å². The molecule has 1 rings (SSSR count). The van der Waals surface area contributed by atoms with Gasteiger partial charge in [0.05, 0.1) is 26.1 Å². The van der Waals surface area contributed by atoms with E-state index >= 15 is 0 Å². The van der Waals surface area contributed by atoms with Gasteiger partial charge >= 0.3 is 5.97 Å². The molecule has 0 fully saturated rings. The van der Waals surface area contributed by atoms with E-state index in [1.54, 1.807) is 31.1 Å². The molecular formula is C16H22ClNO4. The molecule has 0 saturated heterocycles. The predicted molar refractivity (Wildman–Crippen MR) is 84.8 cm³/mol. The smallest absolute Gasteiger partial charge is 0.310 e. The summed E-state index contributed by atoms with van der Waals surface area (Å²) < 4.78 is 9.74. The maximum atomic E-state index is 12.4. The fraction of sp³-hybridized carbons (Fsp3) is 0.500. The highest BCUT2D eigenvalue weighted by Gasteiger charge is 2.21. The third kappa shape index (κ3) is 6.03.